The molecule has 1 aliphatic heterocycles. The Morgan fingerprint density at radius 3 is 2.79 bits per heavy atom. The minimum Gasteiger partial charge on any atom is -0.496 e. The summed E-state index contributed by atoms with van der Waals surface area (Å²) < 4.78 is 5.57. The highest BCUT2D eigenvalue weighted by Gasteiger charge is 2.28. The Morgan fingerprint density at radius 2 is 2.16 bits per heavy atom. The highest BCUT2D eigenvalue weighted by molar-refractivity contribution is 5.80. The number of carbonyl (C=O) groups excluding carboxylic acids is 1. The summed E-state index contributed by atoms with van der Waals surface area (Å²) in [5.74, 6) is 1.01. The Kier molecular flexibility index (Phi) is 4.10. The molecule has 4 heteroatoms. The van der Waals surface area contributed by atoms with Crippen molar-refractivity contribution in [2.45, 2.75) is 38.6 Å². The van der Waals surface area contributed by atoms with Crippen molar-refractivity contribution in [3.63, 3.8) is 0 Å². The van der Waals surface area contributed by atoms with E-state index in [0.29, 0.717) is 5.92 Å². The maximum absolute atomic E-state index is 11.3. The summed E-state index contributed by atoms with van der Waals surface area (Å²) in [6.45, 7) is 4.97. The van der Waals surface area contributed by atoms with Gasteiger partial charge in [0.25, 0.3) is 0 Å². The molecule has 1 heterocycles. The molecule has 3 N–H and O–H groups in total. The first-order valence-corrected chi connectivity index (χ1v) is 6.71. The molecule has 2 unspecified atom stereocenters. The third-order valence-electron chi connectivity index (χ3n) is 4.10. The number of aryl methyl sites for hydroxylation is 1. The first-order chi connectivity index (χ1) is 9.04. The molecule has 0 saturated carbocycles. The Balaban J connectivity index is 2.31. The number of piperidine rings is 1. The number of nitrogens with two attached hydrogens (primary N) is 1. The zero-order valence-electron chi connectivity index (χ0n) is 11.8. The second-order valence-electron chi connectivity index (χ2n) is 5.26. The van der Waals surface area contributed by atoms with Crippen LogP contribution in [0.15, 0.2) is 12.1 Å². The number of hydrogen-bond acceptors (Lipinski definition) is 3. The molecule has 1 fully saturated rings. The number of rotatable bonds is 3. The van der Waals surface area contributed by atoms with Gasteiger partial charge in [-0.1, -0.05) is 12.1 Å². The van der Waals surface area contributed by atoms with Gasteiger partial charge in [-0.3, -0.25) is 4.79 Å². The average Bonchev–Trinajstić information content (AvgIpc) is 2.41. The second kappa shape index (κ2) is 5.61. The molecule has 19 heavy (non-hydrogen) atoms. The number of primary amides is 1. The van der Waals surface area contributed by atoms with Crippen molar-refractivity contribution in [2.75, 3.05) is 13.7 Å². The van der Waals surface area contributed by atoms with E-state index in [2.05, 4.69) is 31.3 Å². The van der Waals surface area contributed by atoms with Gasteiger partial charge in [-0.25, -0.2) is 0 Å². The van der Waals surface area contributed by atoms with Gasteiger partial charge in [-0.05, 0) is 55.8 Å². The number of nitrogens with one attached hydrogen (secondary N) is 1. The van der Waals surface area contributed by atoms with Crippen LogP contribution in [-0.4, -0.2) is 25.6 Å². The molecule has 2 atom stereocenters. The zero-order chi connectivity index (χ0) is 14.0. The second-order valence-corrected chi connectivity index (χ2v) is 5.26. The highest BCUT2D eigenvalue weighted by Crippen LogP contribution is 2.37. The monoisotopic (exact) mass is 262 g/mol. The predicted molar refractivity (Wildman–Crippen MR) is 75.4 cm³/mol. The van der Waals surface area contributed by atoms with E-state index >= 15 is 0 Å². The number of carbonyl (C=O) groups is 1. The maximum atomic E-state index is 11.3. The van der Waals surface area contributed by atoms with Crippen LogP contribution in [0.1, 0.15) is 35.4 Å². The van der Waals surface area contributed by atoms with Crippen LogP contribution in [-0.2, 0) is 4.79 Å². The summed E-state index contributed by atoms with van der Waals surface area (Å²) in [6, 6.07) is 4.01. The van der Waals surface area contributed by atoms with E-state index in [4.69, 9.17) is 10.5 Å². The lowest BCUT2D eigenvalue weighted by Crippen LogP contribution is -2.46. The molecule has 0 spiro atoms. The average molecular weight is 262 g/mol. The molecular formula is C15H22N2O2. The van der Waals surface area contributed by atoms with Crippen molar-refractivity contribution in [1.29, 1.82) is 0 Å². The zero-order valence-corrected chi connectivity index (χ0v) is 11.8. The molecule has 0 aromatic heterocycles. The first kappa shape index (κ1) is 13.9. The van der Waals surface area contributed by atoms with Gasteiger partial charge in [0.05, 0.1) is 13.2 Å². The molecule has 0 bridgehead atoms. The van der Waals surface area contributed by atoms with E-state index in [0.717, 1.165) is 25.1 Å². The number of benzene rings is 1. The molecule has 0 radical (unpaired) electrons. The number of ether oxygens (including phenoxy) is 1. The number of methoxy groups -OCH3 is 1. The van der Waals surface area contributed by atoms with Crippen molar-refractivity contribution in [1.82, 2.24) is 5.32 Å². The summed E-state index contributed by atoms with van der Waals surface area (Å²) in [6.07, 6.45) is 1.75. The topological polar surface area (TPSA) is 64.3 Å². The maximum Gasteiger partial charge on any atom is 0.234 e. The molecule has 1 amide bonds. The van der Waals surface area contributed by atoms with Gasteiger partial charge in [-0.2, -0.15) is 0 Å². The van der Waals surface area contributed by atoms with Crippen LogP contribution in [0, 0.1) is 13.8 Å². The van der Waals surface area contributed by atoms with E-state index in [9.17, 15) is 4.79 Å². The molecule has 1 saturated heterocycles. The normalized spacial score (nSPS) is 23.1. The van der Waals surface area contributed by atoms with Gasteiger partial charge < -0.3 is 15.8 Å². The van der Waals surface area contributed by atoms with Crippen LogP contribution >= 0.6 is 0 Å². The Labute approximate surface area is 114 Å². The van der Waals surface area contributed by atoms with Crippen LogP contribution in [0.25, 0.3) is 0 Å². The van der Waals surface area contributed by atoms with Crippen LogP contribution in [0.4, 0.5) is 0 Å². The van der Waals surface area contributed by atoms with Crippen molar-refractivity contribution in [3.8, 4) is 5.75 Å². The molecule has 1 aromatic carbocycles. The Bertz CT molecular complexity index is 485. The first-order valence-electron chi connectivity index (χ1n) is 6.71. The Hall–Kier alpha value is -1.55. The number of amides is 1. The minimum atomic E-state index is -0.271. The smallest absolute Gasteiger partial charge is 0.234 e. The summed E-state index contributed by atoms with van der Waals surface area (Å²) in [5.41, 5.74) is 8.99. The van der Waals surface area contributed by atoms with Crippen LogP contribution in [0.2, 0.25) is 0 Å². The lowest BCUT2D eigenvalue weighted by molar-refractivity contribution is -0.120. The molecule has 4 nitrogen and oxygen atoms in total. The van der Waals surface area contributed by atoms with Crippen LogP contribution < -0.4 is 15.8 Å². The van der Waals surface area contributed by atoms with E-state index in [1.165, 1.54) is 16.7 Å². The number of hydrogen-bond donors (Lipinski definition) is 2. The third kappa shape index (κ3) is 2.73. The molecule has 1 aliphatic rings. The van der Waals surface area contributed by atoms with Crippen molar-refractivity contribution >= 4 is 5.91 Å². The van der Waals surface area contributed by atoms with E-state index in [1.54, 1.807) is 7.11 Å². The van der Waals surface area contributed by atoms with Crippen molar-refractivity contribution in [2.24, 2.45) is 5.73 Å². The van der Waals surface area contributed by atoms with Crippen molar-refractivity contribution < 1.29 is 9.53 Å². The van der Waals surface area contributed by atoms with Gasteiger partial charge in [-0.15, -0.1) is 0 Å². The van der Waals surface area contributed by atoms with Gasteiger partial charge in [0, 0.05) is 0 Å². The summed E-state index contributed by atoms with van der Waals surface area (Å²) >= 11 is 0. The lowest BCUT2D eigenvalue weighted by Gasteiger charge is -2.30. The summed E-state index contributed by atoms with van der Waals surface area (Å²) in [7, 11) is 1.71. The minimum absolute atomic E-state index is 0.231. The largest absolute Gasteiger partial charge is 0.496 e. The van der Waals surface area contributed by atoms with Crippen LogP contribution in [0.3, 0.4) is 0 Å². The molecular weight excluding hydrogens is 240 g/mol. The molecule has 2 rings (SSSR count). The molecule has 1 aromatic rings. The fourth-order valence-corrected chi connectivity index (χ4v) is 2.82. The lowest BCUT2D eigenvalue weighted by atomic mass is 9.84. The van der Waals surface area contributed by atoms with E-state index < -0.39 is 0 Å². The highest BCUT2D eigenvalue weighted by atomic mass is 16.5. The fraction of sp³-hybridized carbons (Fsp3) is 0.533. The molecule has 104 valence electrons. The van der Waals surface area contributed by atoms with Crippen molar-refractivity contribution in [3.05, 3.63) is 28.8 Å². The third-order valence-corrected chi connectivity index (χ3v) is 4.10. The standard InChI is InChI=1S/C15H22N2O2/c1-9-4-5-12(14(19-3)10(9)2)11-6-7-17-13(8-11)15(16)18/h4-5,11,13,17H,6-8H2,1-3H3,(H2,16,18). The SMILES string of the molecule is COc1c(C2CCNC(C(N)=O)C2)ccc(C)c1C. The quantitative estimate of drug-likeness (QED) is 0.870. The van der Waals surface area contributed by atoms with Gasteiger partial charge in [0.15, 0.2) is 0 Å². The van der Waals surface area contributed by atoms with E-state index in [-0.39, 0.29) is 11.9 Å². The van der Waals surface area contributed by atoms with Gasteiger partial charge >= 0.3 is 0 Å². The predicted octanol–water partition coefficient (Wildman–Crippen LogP) is 1.63. The Morgan fingerprint density at radius 1 is 1.42 bits per heavy atom. The van der Waals surface area contributed by atoms with Crippen LogP contribution in [0.5, 0.6) is 5.75 Å². The van der Waals surface area contributed by atoms with Gasteiger partial charge in [0.1, 0.15) is 5.75 Å². The van der Waals surface area contributed by atoms with Gasteiger partial charge in [0.2, 0.25) is 5.91 Å². The summed E-state index contributed by atoms with van der Waals surface area (Å²) in [5, 5.41) is 3.17. The summed E-state index contributed by atoms with van der Waals surface area (Å²) in [4.78, 5) is 11.3. The fourth-order valence-electron chi connectivity index (χ4n) is 2.82. The molecule has 0 aliphatic carbocycles. The van der Waals surface area contributed by atoms with E-state index in [1.807, 2.05) is 0 Å².